The Hall–Kier alpha value is -1.12. The summed E-state index contributed by atoms with van der Waals surface area (Å²) in [7, 11) is 0. The van der Waals surface area contributed by atoms with Gasteiger partial charge in [-0.2, -0.15) is 0 Å². The lowest BCUT2D eigenvalue weighted by molar-refractivity contribution is 0.732. The van der Waals surface area contributed by atoms with Crippen LogP contribution in [-0.2, 0) is 0 Å². The summed E-state index contributed by atoms with van der Waals surface area (Å²) in [5.74, 6) is 2.15. The first-order chi connectivity index (χ1) is 6.00. The van der Waals surface area contributed by atoms with Crippen LogP contribution in [0.4, 0.5) is 5.82 Å². The molecule has 0 fully saturated rings. The first-order valence-corrected chi connectivity index (χ1v) is 4.65. The molecule has 0 saturated carbocycles. The molecule has 72 valence electrons. The Kier molecular flexibility index (Phi) is 2.86. The Morgan fingerprint density at radius 3 is 2.15 bits per heavy atom. The van der Waals surface area contributed by atoms with E-state index in [1.54, 1.807) is 0 Å². The van der Waals surface area contributed by atoms with Crippen LogP contribution in [0.25, 0.3) is 0 Å². The highest BCUT2D eigenvalue weighted by atomic mass is 14.9. The third-order valence-electron chi connectivity index (χ3n) is 1.89. The van der Waals surface area contributed by atoms with E-state index in [9.17, 15) is 0 Å². The fourth-order valence-corrected chi connectivity index (χ4v) is 1.06. The van der Waals surface area contributed by atoms with E-state index in [4.69, 9.17) is 5.73 Å². The Morgan fingerprint density at radius 1 is 1.08 bits per heavy atom. The molecule has 0 aliphatic carbocycles. The number of aromatic nitrogens is 2. The Balaban J connectivity index is 3.11. The number of rotatable bonds is 2. The highest BCUT2D eigenvalue weighted by Gasteiger charge is 2.08. The zero-order chi connectivity index (χ0) is 10.0. The molecule has 0 bridgehead atoms. The largest absolute Gasteiger partial charge is 0.384 e. The normalized spacial score (nSPS) is 11.2. The summed E-state index contributed by atoms with van der Waals surface area (Å²) in [6.45, 7) is 8.34. The van der Waals surface area contributed by atoms with E-state index in [1.165, 1.54) is 0 Å². The third kappa shape index (κ3) is 2.41. The number of hydrogen-bond donors (Lipinski definition) is 1. The molecule has 0 radical (unpaired) electrons. The number of nitrogen functional groups attached to an aromatic ring is 1. The lowest BCUT2D eigenvalue weighted by Gasteiger charge is -2.09. The molecule has 0 aliphatic rings. The van der Waals surface area contributed by atoms with E-state index in [2.05, 4.69) is 37.7 Å². The molecule has 3 nitrogen and oxygen atoms in total. The van der Waals surface area contributed by atoms with E-state index in [1.807, 2.05) is 6.07 Å². The fourth-order valence-electron chi connectivity index (χ4n) is 1.06. The second-order valence-electron chi connectivity index (χ2n) is 3.89. The van der Waals surface area contributed by atoms with Gasteiger partial charge in [0.25, 0.3) is 0 Å². The molecule has 0 unspecified atom stereocenters. The number of anilines is 1. The Labute approximate surface area is 79.4 Å². The van der Waals surface area contributed by atoms with Gasteiger partial charge in [0, 0.05) is 17.7 Å². The van der Waals surface area contributed by atoms with Gasteiger partial charge in [-0.1, -0.05) is 27.7 Å². The SMILES string of the molecule is CC(C)c1cc(N)nc(C(C)C)n1. The van der Waals surface area contributed by atoms with Crippen molar-refractivity contribution >= 4 is 5.82 Å². The van der Waals surface area contributed by atoms with Gasteiger partial charge >= 0.3 is 0 Å². The van der Waals surface area contributed by atoms with Gasteiger partial charge in [0.2, 0.25) is 0 Å². The van der Waals surface area contributed by atoms with Crippen molar-refractivity contribution in [3.8, 4) is 0 Å². The van der Waals surface area contributed by atoms with Gasteiger partial charge < -0.3 is 5.73 Å². The topological polar surface area (TPSA) is 51.8 Å². The first-order valence-electron chi connectivity index (χ1n) is 4.65. The second-order valence-corrected chi connectivity index (χ2v) is 3.89. The van der Waals surface area contributed by atoms with E-state index in [-0.39, 0.29) is 0 Å². The molecule has 1 aromatic heterocycles. The van der Waals surface area contributed by atoms with Crippen LogP contribution in [0.5, 0.6) is 0 Å². The van der Waals surface area contributed by atoms with Crippen molar-refractivity contribution in [2.45, 2.75) is 39.5 Å². The van der Waals surface area contributed by atoms with Crippen LogP contribution in [0.15, 0.2) is 6.07 Å². The van der Waals surface area contributed by atoms with Gasteiger partial charge in [-0.25, -0.2) is 9.97 Å². The van der Waals surface area contributed by atoms with E-state index in [0.717, 1.165) is 11.5 Å². The van der Waals surface area contributed by atoms with Crippen molar-refractivity contribution in [1.82, 2.24) is 9.97 Å². The van der Waals surface area contributed by atoms with Gasteiger partial charge in [0.05, 0.1) is 0 Å². The molecular weight excluding hydrogens is 162 g/mol. The molecule has 0 atom stereocenters. The van der Waals surface area contributed by atoms with Crippen LogP contribution in [0, 0.1) is 0 Å². The van der Waals surface area contributed by atoms with Crippen LogP contribution >= 0.6 is 0 Å². The number of nitrogens with zero attached hydrogens (tertiary/aromatic N) is 2. The maximum atomic E-state index is 5.68. The molecule has 1 aromatic rings. The van der Waals surface area contributed by atoms with E-state index >= 15 is 0 Å². The first kappa shape index (κ1) is 9.96. The smallest absolute Gasteiger partial charge is 0.133 e. The van der Waals surface area contributed by atoms with E-state index < -0.39 is 0 Å². The predicted octanol–water partition coefficient (Wildman–Crippen LogP) is 2.31. The summed E-state index contributed by atoms with van der Waals surface area (Å²) in [4.78, 5) is 8.62. The molecular formula is C10H17N3. The number of nitrogens with two attached hydrogens (primary N) is 1. The molecule has 0 aliphatic heterocycles. The molecule has 1 rings (SSSR count). The molecule has 2 N–H and O–H groups in total. The summed E-state index contributed by atoms with van der Waals surface area (Å²) in [5.41, 5.74) is 6.71. The summed E-state index contributed by atoms with van der Waals surface area (Å²) in [6.07, 6.45) is 0. The van der Waals surface area contributed by atoms with Crippen LogP contribution in [-0.4, -0.2) is 9.97 Å². The molecule has 0 aromatic carbocycles. The standard InChI is InChI=1S/C10H17N3/c1-6(2)8-5-9(11)13-10(12-8)7(3)4/h5-7H,1-4H3,(H2,11,12,13). The highest BCUT2D eigenvalue weighted by molar-refractivity contribution is 5.31. The molecule has 0 amide bonds. The zero-order valence-electron chi connectivity index (χ0n) is 8.70. The molecule has 0 saturated heterocycles. The van der Waals surface area contributed by atoms with Crippen LogP contribution < -0.4 is 5.73 Å². The van der Waals surface area contributed by atoms with Crippen LogP contribution in [0.1, 0.15) is 51.0 Å². The minimum Gasteiger partial charge on any atom is -0.384 e. The van der Waals surface area contributed by atoms with Crippen molar-refractivity contribution in [1.29, 1.82) is 0 Å². The summed E-state index contributed by atoms with van der Waals surface area (Å²) < 4.78 is 0. The van der Waals surface area contributed by atoms with Gasteiger partial charge in [0.1, 0.15) is 11.6 Å². The average molecular weight is 179 g/mol. The third-order valence-corrected chi connectivity index (χ3v) is 1.89. The van der Waals surface area contributed by atoms with Gasteiger partial charge in [0.15, 0.2) is 0 Å². The lowest BCUT2D eigenvalue weighted by atomic mass is 10.1. The fraction of sp³-hybridized carbons (Fsp3) is 0.600. The van der Waals surface area contributed by atoms with E-state index in [0.29, 0.717) is 17.7 Å². The lowest BCUT2D eigenvalue weighted by Crippen LogP contribution is -2.05. The van der Waals surface area contributed by atoms with Crippen molar-refractivity contribution in [2.24, 2.45) is 0 Å². The summed E-state index contributed by atoms with van der Waals surface area (Å²) in [6, 6.07) is 1.84. The Bertz CT molecular complexity index is 266. The van der Waals surface area contributed by atoms with Crippen LogP contribution in [0.3, 0.4) is 0 Å². The van der Waals surface area contributed by atoms with Crippen molar-refractivity contribution in [3.05, 3.63) is 17.6 Å². The predicted molar refractivity (Wildman–Crippen MR) is 54.6 cm³/mol. The molecule has 3 heteroatoms. The van der Waals surface area contributed by atoms with Gasteiger partial charge in [-0.15, -0.1) is 0 Å². The Morgan fingerprint density at radius 2 is 1.69 bits per heavy atom. The minimum absolute atomic E-state index is 0.334. The molecule has 13 heavy (non-hydrogen) atoms. The van der Waals surface area contributed by atoms with Gasteiger partial charge in [-0.3, -0.25) is 0 Å². The minimum atomic E-state index is 0.334. The molecule has 1 heterocycles. The van der Waals surface area contributed by atoms with Crippen molar-refractivity contribution in [2.75, 3.05) is 5.73 Å². The van der Waals surface area contributed by atoms with Crippen molar-refractivity contribution in [3.63, 3.8) is 0 Å². The summed E-state index contributed by atoms with van der Waals surface area (Å²) >= 11 is 0. The summed E-state index contributed by atoms with van der Waals surface area (Å²) in [5, 5.41) is 0. The second kappa shape index (κ2) is 3.73. The highest BCUT2D eigenvalue weighted by Crippen LogP contribution is 2.17. The number of hydrogen-bond acceptors (Lipinski definition) is 3. The average Bonchev–Trinajstić information content (AvgIpc) is 2.03. The monoisotopic (exact) mass is 179 g/mol. The quantitative estimate of drug-likeness (QED) is 0.758. The maximum absolute atomic E-state index is 5.68. The molecule has 0 spiro atoms. The maximum Gasteiger partial charge on any atom is 0.133 e. The van der Waals surface area contributed by atoms with Crippen LogP contribution in [0.2, 0.25) is 0 Å². The zero-order valence-corrected chi connectivity index (χ0v) is 8.70. The van der Waals surface area contributed by atoms with Crippen molar-refractivity contribution < 1.29 is 0 Å². The van der Waals surface area contributed by atoms with Gasteiger partial charge in [-0.05, 0) is 5.92 Å².